The van der Waals surface area contributed by atoms with E-state index < -0.39 is 5.54 Å². The van der Waals surface area contributed by atoms with Crippen LogP contribution < -0.4 is 11.1 Å². The number of amides is 1. The molecule has 1 aliphatic carbocycles. The van der Waals surface area contributed by atoms with E-state index in [0.717, 1.165) is 18.4 Å². The number of halogens is 2. The van der Waals surface area contributed by atoms with E-state index in [-0.39, 0.29) is 30.5 Å². The summed E-state index contributed by atoms with van der Waals surface area (Å²) in [6, 6.07) is 7.26. The molecule has 0 bridgehead atoms. The fraction of sp³-hybridized carbons (Fsp3) is 0.500. The zero-order valence-electron chi connectivity index (χ0n) is 11.6. The third-order valence-electron chi connectivity index (χ3n) is 3.51. The molecule has 2 atom stereocenters. The van der Waals surface area contributed by atoms with Gasteiger partial charge in [-0.3, -0.25) is 4.79 Å². The lowest BCUT2D eigenvalue weighted by atomic mass is 10.0. The highest BCUT2D eigenvalue weighted by atomic mass is 35.5. The minimum Gasteiger partial charge on any atom is -0.375 e. The fourth-order valence-corrected chi connectivity index (χ4v) is 2.20. The largest absolute Gasteiger partial charge is 0.375 e. The molecule has 0 heterocycles. The van der Waals surface area contributed by atoms with E-state index in [4.69, 9.17) is 22.1 Å². The molecule has 112 valence electrons. The molecule has 0 aromatic heterocycles. The lowest BCUT2D eigenvalue weighted by Crippen LogP contribution is -2.48. The molecule has 0 aliphatic heterocycles. The summed E-state index contributed by atoms with van der Waals surface area (Å²) in [4.78, 5) is 11.9. The molecule has 20 heavy (non-hydrogen) atoms. The third-order valence-corrected chi connectivity index (χ3v) is 3.76. The lowest BCUT2D eigenvalue weighted by Gasteiger charge is -2.25. The summed E-state index contributed by atoms with van der Waals surface area (Å²) in [6.45, 7) is 1.91. The van der Waals surface area contributed by atoms with Crippen LogP contribution in [0, 0.1) is 0 Å². The second kappa shape index (κ2) is 6.76. The summed E-state index contributed by atoms with van der Waals surface area (Å²) in [7, 11) is 1.62. The minimum atomic E-state index is -0.660. The first-order valence-electron chi connectivity index (χ1n) is 6.34. The number of carbonyl (C=O) groups excluding carboxylic acids is 1. The Morgan fingerprint density at radius 3 is 2.40 bits per heavy atom. The number of nitrogens with two attached hydrogens (primary N) is 1. The molecule has 6 heteroatoms. The van der Waals surface area contributed by atoms with Crippen LogP contribution in [0.25, 0.3) is 0 Å². The van der Waals surface area contributed by atoms with Gasteiger partial charge in [0.05, 0.1) is 11.6 Å². The first-order chi connectivity index (χ1) is 8.96. The van der Waals surface area contributed by atoms with Gasteiger partial charge < -0.3 is 15.8 Å². The molecule has 0 spiro atoms. The van der Waals surface area contributed by atoms with Crippen LogP contribution in [0.4, 0.5) is 0 Å². The van der Waals surface area contributed by atoms with Crippen LogP contribution in [0.3, 0.4) is 0 Å². The Bertz CT molecular complexity index is 461. The second-order valence-corrected chi connectivity index (χ2v) is 5.56. The molecule has 1 aliphatic rings. The van der Waals surface area contributed by atoms with Gasteiger partial charge in [0.1, 0.15) is 6.10 Å². The Morgan fingerprint density at radius 1 is 1.40 bits per heavy atom. The van der Waals surface area contributed by atoms with Gasteiger partial charge in [0, 0.05) is 12.1 Å². The SMILES string of the molecule is COC(c1ccc(Cl)cc1)C(C)NC(=O)C1(N)CC1.Cl. The van der Waals surface area contributed by atoms with Gasteiger partial charge in [0.15, 0.2) is 0 Å². The first kappa shape index (κ1) is 17.2. The molecular weight excluding hydrogens is 299 g/mol. The van der Waals surface area contributed by atoms with Crippen LogP contribution in [0.5, 0.6) is 0 Å². The van der Waals surface area contributed by atoms with E-state index in [1.165, 1.54) is 0 Å². The Morgan fingerprint density at radius 2 is 1.95 bits per heavy atom. The Hall–Kier alpha value is -0.810. The van der Waals surface area contributed by atoms with E-state index in [1.807, 2.05) is 31.2 Å². The number of benzene rings is 1. The number of carbonyl (C=O) groups is 1. The van der Waals surface area contributed by atoms with Crippen molar-refractivity contribution < 1.29 is 9.53 Å². The third kappa shape index (κ3) is 3.85. The van der Waals surface area contributed by atoms with E-state index in [2.05, 4.69) is 5.32 Å². The quantitative estimate of drug-likeness (QED) is 0.876. The van der Waals surface area contributed by atoms with Crippen molar-refractivity contribution in [1.29, 1.82) is 0 Å². The zero-order valence-corrected chi connectivity index (χ0v) is 13.1. The van der Waals surface area contributed by atoms with Crippen LogP contribution >= 0.6 is 24.0 Å². The first-order valence-corrected chi connectivity index (χ1v) is 6.72. The van der Waals surface area contributed by atoms with Crippen molar-refractivity contribution in [3.8, 4) is 0 Å². The predicted octanol–water partition coefficient (Wildman–Crippen LogP) is 2.45. The van der Waals surface area contributed by atoms with Crippen molar-refractivity contribution in [3.05, 3.63) is 34.9 Å². The number of methoxy groups -OCH3 is 1. The Kier molecular flexibility index (Phi) is 5.83. The highest BCUT2D eigenvalue weighted by Gasteiger charge is 2.46. The van der Waals surface area contributed by atoms with Crippen LogP contribution in [0.2, 0.25) is 5.02 Å². The standard InChI is InChI=1S/C14H19ClN2O2.ClH/c1-9(17-13(18)14(16)7-8-14)12(19-2)10-3-5-11(15)6-4-10;/h3-6,9,12H,7-8,16H2,1-2H3,(H,17,18);1H. The van der Waals surface area contributed by atoms with Crippen molar-refractivity contribution in [2.75, 3.05) is 7.11 Å². The smallest absolute Gasteiger partial charge is 0.240 e. The number of ether oxygens (including phenoxy) is 1. The maximum atomic E-state index is 11.9. The van der Waals surface area contributed by atoms with Gasteiger partial charge in [-0.2, -0.15) is 0 Å². The maximum absolute atomic E-state index is 11.9. The normalized spacial score (nSPS) is 18.6. The topological polar surface area (TPSA) is 64.3 Å². The number of nitrogens with one attached hydrogen (secondary N) is 1. The molecule has 1 aromatic rings. The molecule has 1 saturated carbocycles. The molecule has 3 N–H and O–H groups in total. The van der Waals surface area contributed by atoms with Crippen molar-refractivity contribution in [3.63, 3.8) is 0 Å². The Labute approximate surface area is 130 Å². The van der Waals surface area contributed by atoms with Crippen LogP contribution in [-0.4, -0.2) is 24.6 Å². The molecule has 2 rings (SSSR count). The van der Waals surface area contributed by atoms with Gasteiger partial charge in [0.25, 0.3) is 0 Å². The maximum Gasteiger partial charge on any atom is 0.240 e. The van der Waals surface area contributed by atoms with E-state index in [0.29, 0.717) is 5.02 Å². The van der Waals surface area contributed by atoms with Gasteiger partial charge in [-0.1, -0.05) is 23.7 Å². The van der Waals surface area contributed by atoms with E-state index >= 15 is 0 Å². The highest BCUT2D eigenvalue weighted by molar-refractivity contribution is 6.30. The van der Waals surface area contributed by atoms with Gasteiger partial charge in [-0.25, -0.2) is 0 Å². The Balaban J connectivity index is 0.00000200. The average Bonchev–Trinajstić information content (AvgIpc) is 3.12. The van der Waals surface area contributed by atoms with Gasteiger partial charge in [-0.15, -0.1) is 12.4 Å². The summed E-state index contributed by atoms with van der Waals surface area (Å²) in [5.41, 5.74) is 6.18. The average molecular weight is 319 g/mol. The van der Waals surface area contributed by atoms with Crippen molar-refractivity contribution in [2.45, 2.75) is 37.5 Å². The van der Waals surface area contributed by atoms with Crippen LogP contribution in [0.1, 0.15) is 31.4 Å². The van der Waals surface area contributed by atoms with Crippen LogP contribution in [0.15, 0.2) is 24.3 Å². The van der Waals surface area contributed by atoms with Crippen LogP contribution in [-0.2, 0) is 9.53 Å². The molecule has 4 nitrogen and oxygen atoms in total. The molecule has 2 unspecified atom stereocenters. The van der Waals surface area contributed by atoms with Crippen molar-refractivity contribution in [1.82, 2.24) is 5.32 Å². The summed E-state index contributed by atoms with van der Waals surface area (Å²) in [5, 5.41) is 3.60. The summed E-state index contributed by atoms with van der Waals surface area (Å²) >= 11 is 5.86. The molecular formula is C14H20Cl2N2O2. The van der Waals surface area contributed by atoms with E-state index in [1.54, 1.807) is 7.11 Å². The van der Waals surface area contributed by atoms with Gasteiger partial charge in [-0.05, 0) is 37.5 Å². The van der Waals surface area contributed by atoms with Crippen molar-refractivity contribution in [2.24, 2.45) is 5.73 Å². The van der Waals surface area contributed by atoms with Gasteiger partial charge >= 0.3 is 0 Å². The molecule has 1 fully saturated rings. The van der Waals surface area contributed by atoms with E-state index in [9.17, 15) is 4.79 Å². The van der Waals surface area contributed by atoms with Gasteiger partial charge in [0.2, 0.25) is 5.91 Å². The number of hydrogen-bond donors (Lipinski definition) is 2. The lowest BCUT2D eigenvalue weighted by molar-refractivity contribution is -0.124. The summed E-state index contributed by atoms with van der Waals surface area (Å²) in [6.07, 6.45) is 1.29. The minimum absolute atomic E-state index is 0. The van der Waals surface area contributed by atoms with Crippen molar-refractivity contribution >= 4 is 29.9 Å². The summed E-state index contributed by atoms with van der Waals surface area (Å²) < 4.78 is 5.47. The monoisotopic (exact) mass is 318 g/mol. The second-order valence-electron chi connectivity index (χ2n) is 5.13. The molecule has 1 aromatic carbocycles. The number of hydrogen-bond acceptors (Lipinski definition) is 3. The molecule has 0 radical (unpaired) electrons. The number of rotatable bonds is 5. The zero-order chi connectivity index (χ0) is 14.0. The summed E-state index contributed by atoms with van der Waals surface area (Å²) in [5.74, 6) is -0.101. The highest BCUT2D eigenvalue weighted by Crippen LogP contribution is 2.33. The fourth-order valence-electron chi connectivity index (χ4n) is 2.07. The molecule has 1 amide bonds. The molecule has 0 saturated heterocycles. The predicted molar refractivity (Wildman–Crippen MR) is 82.2 cm³/mol.